The number of carbonyl (C=O) groups is 1. The molecule has 0 aromatic heterocycles. The van der Waals surface area contributed by atoms with Crippen molar-refractivity contribution in [2.24, 2.45) is 11.8 Å². The molecule has 0 saturated heterocycles. The minimum atomic E-state index is -3.63. The predicted molar refractivity (Wildman–Crippen MR) is 63.4 cm³/mol. The van der Waals surface area contributed by atoms with Gasteiger partial charge in [0.05, 0.1) is 5.92 Å². The van der Waals surface area contributed by atoms with Crippen LogP contribution in [0.15, 0.2) is 12.1 Å². The van der Waals surface area contributed by atoms with Crippen LogP contribution in [0, 0.1) is 29.3 Å². The number of rotatable bonds is 4. The highest BCUT2D eigenvalue weighted by molar-refractivity contribution is 5.53. The van der Waals surface area contributed by atoms with Crippen LogP contribution >= 0.6 is 0 Å². The van der Waals surface area contributed by atoms with Gasteiger partial charge < -0.3 is 9.53 Å². The molecule has 0 unspecified atom stereocenters. The van der Waals surface area contributed by atoms with Gasteiger partial charge in [0.15, 0.2) is 17.5 Å². The molecule has 0 radical (unpaired) electrons. The van der Waals surface area contributed by atoms with E-state index in [0.29, 0.717) is 25.0 Å². The van der Waals surface area contributed by atoms with Crippen molar-refractivity contribution in [3.8, 4) is 5.75 Å². The Hall–Kier alpha value is -1.66. The average molecular weight is 308 g/mol. The molecule has 1 aliphatic rings. The van der Waals surface area contributed by atoms with Crippen molar-refractivity contribution in [1.82, 2.24) is 0 Å². The Labute approximate surface area is 117 Å². The summed E-state index contributed by atoms with van der Waals surface area (Å²) in [5.41, 5.74) is 0. The Morgan fingerprint density at radius 1 is 1.05 bits per heavy atom. The van der Waals surface area contributed by atoms with E-state index in [0.717, 1.165) is 6.29 Å². The third-order valence-corrected chi connectivity index (χ3v) is 3.65. The average Bonchev–Trinajstić information content (AvgIpc) is 2.44. The van der Waals surface area contributed by atoms with Crippen LogP contribution in [0.2, 0.25) is 0 Å². The molecule has 0 amide bonds. The normalized spacial score (nSPS) is 22.9. The van der Waals surface area contributed by atoms with E-state index in [2.05, 4.69) is 4.74 Å². The first-order valence-corrected chi connectivity index (χ1v) is 6.50. The van der Waals surface area contributed by atoms with Gasteiger partial charge in [-0.15, -0.1) is 0 Å². The van der Waals surface area contributed by atoms with E-state index in [1.165, 1.54) is 0 Å². The summed E-state index contributed by atoms with van der Waals surface area (Å²) in [6.45, 7) is 0. The Kier molecular flexibility index (Phi) is 4.49. The summed E-state index contributed by atoms with van der Waals surface area (Å²) in [4.78, 5) is 10.6. The van der Waals surface area contributed by atoms with Crippen molar-refractivity contribution in [3.05, 3.63) is 29.6 Å². The zero-order valence-electron chi connectivity index (χ0n) is 10.9. The van der Waals surface area contributed by atoms with Crippen LogP contribution in [-0.2, 0) is 4.79 Å². The molecule has 2 rings (SSSR count). The molecule has 0 bridgehead atoms. The second kappa shape index (κ2) is 5.99. The SMILES string of the molecule is O=CC1CCC(C(F)(F)Oc2cc(F)c(F)c(F)c2)CC1. The summed E-state index contributed by atoms with van der Waals surface area (Å²) in [6.07, 6.45) is -2.12. The number of hydrogen-bond donors (Lipinski definition) is 0. The quantitative estimate of drug-likeness (QED) is 0.476. The minimum absolute atomic E-state index is 0.0720. The lowest BCUT2D eigenvalue weighted by molar-refractivity contribution is -0.223. The first-order valence-electron chi connectivity index (χ1n) is 6.50. The third-order valence-electron chi connectivity index (χ3n) is 3.65. The Morgan fingerprint density at radius 3 is 2.05 bits per heavy atom. The van der Waals surface area contributed by atoms with Crippen molar-refractivity contribution in [2.75, 3.05) is 0 Å². The van der Waals surface area contributed by atoms with Gasteiger partial charge in [0.2, 0.25) is 0 Å². The first kappa shape index (κ1) is 15.7. The fourth-order valence-corrected chi connectivity index (χ4v) is 2.42. The molecule has 21 heavy (non-hydrogen) atoms. The maximum atomic E-state index is 13.9. The van der Waals surface area contributed by atoms with Gasteiger partial charge in [-0.05, 0) is 25.7 Å². The topological polar surface area (TPSA) is 26.3 Å². The van der Waals surface area contributed by atoms with Gasteiger partial charge in [-0.3, -0.25) is 0 Å². The molecule has 2 nitrogen and oxygen atoms in total. The van der Waals surface area contributed by atoms with Gasteiger partial charge >= 0.3 is 6.11 Å². The standard InChI is InChI=1S/C14H13F5O2/c15-11-5-10(6-12(16)13(11)17)21-14(18,19)9-3-1-8(7-20)2-4-9/h5-9H,1-4H2. The highest BCUT2D eigenvalue weighted by atomic mass is 19.3. The largest absolute Gasteiger partial charge is 0.432 e. The van der Waals surface area contributed by atoms with Gasteiger partial charge in [0, 0.05) is 18.1 Å². The Balaban J connectivity index is 2.09. The highest BCUT2D eigenvalue weighted by Gasteiger charge is 2.44. The number of aldehydes is 1. The van der Waals surface area contributed by atoms with Gasteiger partial charge in [0.25, 0.3) is 0 Å². The fraction of sp³-hybridized carbons (Fsp3) is 0.500. The van der Waals surface area contributed by atoms with Crippen LogP contribution in [-0.4, -0.2) is 12.4 Å². The van der Waals surface area contributed by atoms with E-state index >= 15 is 0 Å². The first-order chi connectivity index (χ1) is 9.83. The molecule has 0 aliphatic heterocycles. The van der Waals surface area contributed by atoms with Gasteiger partial charge in [-0.1, -0.05) is 0 Å². The van der Waals surface area contributed by atoms with Crippen LogP contribution in [0.25, 0.3) is 0 Å². The molecule has 7 heteroatoms. The molecule has 1 aromatic carbocycles. The number of carbonyl (C=O) groups excluding carboxylic acids is 1. The molecule has 116 valence electrons. The lowest BCUT2D eigenvalue weighted by atomic mass is 9.82. The Bertz CT molecular complexity index is 501. The van der Waals surface area contributed by atoms with Gasteiger partial charge in [-0.2, -0.15) is 8.78 Å². The van der Waals surface area contributed by atoms with Crippen molar-refractivity contribution in [1.29, 1.82) is 0 Å². The van der Waals surface area contributed by atoms with Crippen molar-refractivity contribution in [3.63, 3.8) is 0 Å². The number of halogens is 5. The van der Waals surface area contributed by atoms with E-state index in [4.69, 9.17) is 0 Å². The number of benzene rings is 1. The lowest BCUT2D eigenvalue weighted by Gasteiger charge is -2.31. The zero-order valence-corrected chi connectivity index (χ0v) is 10.9. The molecule has 0 atom stereocenters. The molecule has 0 heterocycles. The number of ether oxygens (including phenoxy) is 1. The summed E-state index contributed by atoms with van der Waals surface area (Å²) in [5, 5.41) is 0. The highest BCUT2D eigenvalue weighted by Crippen LogP contribution is 2.39. The summed E-state index contributed by atoms with van der Waals surface area (Å²) < 4.78 is 70.9. The summed E-state index contributed by atoms with van der Waals surface area (Å²) in [6, 6.07) is 0.757. The number of hydrogen-bond acceptors (Lipinski definition) is 2. The minimum Gasteiger partial charge on any atom is -0.432 e. The molecule has 0 N–H and O–H groups in total. The molecule has 1 saturated carbocycles. The third kappa shape index (κ3) is 3.51. The fourth-order valence-electron chi connectivity index (χ4n) is 2.42. The van der Waals surface area contributed by atoms with E-state index in [1.807, 2.05) is 0 Å². The van der Waals surface area contributed by atoms with E-state index in [-0.39, 0.29) is 18.8 Å². The second-order valence-electron chi connectivity index (χ2n) is 5.11. The van der Waals surface area contributed by atoms with E-state index in [1.54, 1.807) is 0 Å². The van der Waals surface area contributed by atoms with Crippen molar-refractivity contribution >= 4 is 6.29 Å². The van der Waals surface area contributed by atoms with E-state index < -0.39 is 35.2 Å². The van der Waals surface area contributed by atoms with Crippen LogP contribution in [0.4, 0.5) is 22.0 Å². The second-order valence-corrected chi connectivity index (χ2v) is 5.11. The Morgan fingerprint density at radius 2 is 1.57 bits per heavy atom. The molecular weight excluding hydrogens is 295 g/mol. The lowest BCUT2D eigenvalue weighted by Crippen LogP contribution is -2.37. The van der Waals surface area contributed by atoms with Crippen LogP contribution in [0.3, 0.4) is 0 Å². The molecule has 1 aliphatic carbocycles. The number of alkyl halides is 2. The molecule has 1 fully saturated rings. The summed E-state index contributed by atoms with van der Waals surface area (Å²) in [7, 11) is 0. The molecule has 1 aromatic rings. The van der Waals surface area contributed by atoms with Crippen LogP contribution in [0.1, 0.15) is 25.7 Å². The van der Waals surface area contributed by atoms with Crippen LogP contribution in [0.5, 0.6) is 5.75 Å². The smallest absolute Gasteiger partial charge is 0.400 e. The predicted octanol–water partition coefficient (Wildman–Crippen LogP) is 4.08. The molecule has 0 spiro atoms. The summed E-state index contributed by atoms with van der Waals surface area (Å²) in [5.74, 6) is -7.08. The maximum absolute atomic E-state index is 13.9. The van der Waals surface area contributed by atoms with Crippen molar-refractivity contribution in [2.45, 2.75) is 31.8 Å². The van der Waals surface area contributed by atoms with Crippen molar-refractivity contribution < 1.29 is 31.5 Å². The summed E-state index contributed by atoms with van der Waals surface area (Å²) >= 11 is 0. The zero-order chi connectivity index (χ0) is 15.6. The van der Waals surface area contributed by atoms with Gasteiger partial charge in [-0.25, -0.2) is 13.2 Å². The van der Waals surface area contributed by atoms with Gasteiger partial charge in [0.1, 0.15) is 12.0 Å². The van der Waals surface area contributed by atoms with Crippen LogP contribution < -0.4 is 4.74 Å². The monoisotopic (exact) mass is 308 g/mol. The molecular formula is C14H13F5O2. The van der Waals surface area contributed by atoms with E-state index in [9.17, 15) is 26.7 Å². The maximum Gasteiger partial charge on any atom is 0.400 e.